The second kappa shape index (κ2) is 18.0. The van der Waals surface area contributed by atoms with Gasteiger partial charge in [-0.15, -0.1) is 0 Å². The van der Waals surface area contributed by atoms with Crippen LogP contribution in [-0.2, 0) is 17.6 Å². The molecule has 2 N–H and O–H groups in total. The van der Waals surface area contributed by atoms with Gasteiger partial charge in [0.2, 0.25) is 0 Å². The van der Waals surface area contributed by atoms with Gasteiger partial charge in [-0.2, -0.15) is 0 Å². The molecule has 0 aliphatic carbocycles. The van der Waals surface area contributed by atoms with Crippen molar-refractivity contribution in [2.45, 2.75) is 92.2 Å². The van der Waals surface area contributed by atoms with Crippen LogP contribution in [0.2, 0.25) is 0 Å². The average molecular weight is 486 g/mol. The van der Waals surface area contributed by atoms with E-state index >= 15 is 0 Å². The topological polar surface area (TPSA) is 67.8 Å². The molecule has 0 radical (unpaired) electrons. The lowest BCUT2D eigenvalue weighted by molar-refractivity contribution is 0.0211. The fourth-order valence-electron chi connectivity index (χ4n) is 3.49. The van der Waals surface area contributed by atoms with Crippen LogP contribution in [0.4, 0.5) is 5.69 Å². The fourth-order valence-corrected chi connectivity index (χ4v) is 3.49. The maximum atomic E-state index is 11.6. The van der Waals surface area contributed by atoms with Crippen molar-refractivity contribution in [3.63, 3.8) is 0 Å². The Morgan fingerprint density at radius 3 is 2.14 bits per heavy atom. The number of aliphatic hydroxyl groups excluding tert-OH is 1. The third-order valence-corrected chi connectivity index (χ3v) is 5.79. The number of aliphatic hydroxyl groups is 1. The van der Waals surface area contributed by atoms with Crippen molar-refractivity contribution in [1.82, 2.24) is 0 Å². The van der Waals surface area contributed by atoms with Crippen LogP contribution in [0, 0.1) is 0 Å². The van der Waals surface area contributed by atoms with Crippen LogP contribution >= 0.6 is 0 Å². The lowest BCUT2D eigenvalue weighted by atomic mass is 10.0. The molecule has 1 aliphatic heterocycles. The number of ether oxygens (including phenoxy) is 2. The summed E-state index contributed by atoms with van der Waals surface area (Å²) in [6.07, 6.45) is 6.27. The lowest BCUT2D eigenvalue weighted by Gasteiger charge is -2.28. The lowest BCUT2D eigenvalue weighted by Crippen LogP contribution is -2.40. The monoisotopic (exact) mass is 485 g/mol. The summed E-state index contributed by atoms with van der Waals surface area (Å²) in [5.41, 5.74) is 4.61. The van der Waals surface area contributed by atoms with Gasteiger partial charge in [0.25, 0.3) is 0 Å². The molecule has 0 saturated carbocycles. The molecule has 2 aromatic carbocycles. The molecule has 1 fully saturated rings. The van der Waals surface area contributed by atoms with E-state index in [-0.39, 0.29) is 11.9 Å². The summed E-state index contributed by atoms with van der Waals surface area (Å²) in [7, 11) is 0. The first kappa shape index (κ1) is 30.7. The van der Waals surface area contributed by atoms with E-state index in [1.165, 1.54) is 24.0 Å². The molecule has 35 heavy (non-hydrogen) atoms. The molecule has 0 unspecified atom stereocenters. The average Bonchev–Trinajstić information content (AvgIpc) is 2.86. The number of rotatable bonds is 11. The number of nitrogens with one attached hydrogen (secondary N) is 1. The van der Waals surface area contributed by atoms with Crippen molar-refractivity contribution in [2.75, 3.05) is 25.1 Å². The number of carbonyl (C=O) groups is 1. The van der Waals surface area contributed by atoms with E-state index in [1.54, 1.807) is 6.92 Å². The zero-order chi connectivity index (χ0) is 26.1. The zero-order valence-electron chi connectivity index (χ0n) is 22.7. The Labute approximate surface area is 213 Å². The third kappa shape index (κ3) is 11.7. The molecule has 1 heterocycles. The molecule has 3 rings (SSSR count). The van der Waals surface area contributed by atoms with Crippen molar-refractivity contribution in [3.8, 4) is 5.75 Å². The normalized spacial score (nSPS) is 12.6. The summed E-state index contributed by atoms with van der Waals surface area (Å²) in [5, 5.41) is 12.0. The molecule has 5 nitrogen and oxygen atoms in total. The molecular formula is C30H47NO4. The summed E-state index contributed by atoms with van der Waals surface area (Å²) < 4.78 is 10.7. The van der Waals surface area contributed by atoms with Crippen molar-refractivity contribution in [2.24, 2.45) is 0 Å². The molecule has 0 aromatic heterocycles. The Hall–Kier alpha value is -2.37. The minimum atomic E-state index is -0.0648. The predicted molar refractivity (Wildman–Crippen MR) is 147 cm³/mol. The van der Waals surface area contributed by atoms with Gasteiger partial charge in [0.15, 0.2) is 5.78 Å². The standard InChI is InChI=1S/C14H19NO3.C11H16.C5H12O/c1-3-6-18-14-5-4-11(7-13(14)10(2)16)15-12-8-17-9-12;1-3-7-11-9-6-5-8-10(11)4-2;1-3-5(6)4-2/h4-5,7,12,15H,3,6,8-9H2,1-2H3;5-6,8-9H,3-4,7H2,1-2H3;5-6H,3-4H2,1-2H3. The third-order valence-electron chi connectivity index (χ3n) is 5.79. The van der Waals surface area contributed by atoms with Crippen LogP contribution < -0.4 is 10.1 Å². The van der Waals surface area contributed by atoms with Gasteiger partial charge in [-0.3, -0.25) is 4.79 Å². The number of hydrogen-bond donors (Lipinski definition) is 2. The highest BCUT2D eigenvalue weighted by atomic mass is 16.5. The Morgan fingerprint density at radius 2 is 1.69 bits per heavy atom. The Kier molecular flexibility index (Phi) is 15.7. The number of ketones is 1. The fraction of sp³-hybridized carbons (Fsp3) is 0.567. The Balaban J connectivity index is 0.000000306. The van der Waals surface area contributed by atoms with Gasteiger partial charge in [-0.1, -0.05) is 65.3 Å². The minimum absolute atomic E-state index is 0.0228. The number of hydrogen-bond acceptors (Lipinski definition) is 5. The molecule has 1 aliphatic rings. The molecule has 5 heteroatoms. The highest BCUT2D eigenvalue weighted by molar-refractivity contribution is 5.97. The van der Waals surface area contributed by atoms with E-state index in [9.17, 15) is 4.79 Å². The summed E-state index contributed by atoms with van der Waals surface area (Å²) >= 11 is 0. The molecular weight excluding hydrogens is 438 g/mol. The molecule has 0 amide bonds. The first-order valence-electron chi connectivity index (χ1n) is 13.3. The van der Waals surface area contributed by atoms with Crippen molar-refractivity contribution in [3.05, 3.63) is 59.2 Å². The van der Waals surface area contributed by atoms with E-state index in [0.29, 0.717) is 24.0 Å². The molecule has 0 atom stereocenters. The Morgan fingerprint density at radius 1 is 1.03 bits per heavy atom. The number of benzene rings is 2. The largest absolute Gasteiger partial charge is 0.493 e. The summed E-state index contributed by atoms with van der Waals surface area (Å²) in [6, 6.07) is 14.7. The molecule has 2 aromatic rings. The van der Waals surface area contributed by atoms with Gasteiger partial charge in [0.05, 0.1) is 37.5 Å². The molecule has 1 saturated heterocycles. The second-order valence-electron chi connectivity index (χ2n) is 8.84. The van der Waals surface area contributed by atoms with Crippen molar-refractivity contribution < 1.29 is 19.4 Å². The van der Waals surface area contributed by atoms with Gasteiger partial charge >= 0.3 is 0 Å². The predicted octanol–water partition coefficient (Wildman–Crippen LogP) is 6.86. The maximum Gasteiger partial charge on any atom is 0.163 e. The van der Waals surface area contributed by atoms with Crippen molar-refractivity contribution in [1.29, 1.82) is 0 Å². The van der Waals surface area contributed by atoms with E-state index in [4.69, 9.17) is 14.6 Å². The highest BCUT2D eigenvalue weighted by Gasteiger charge is 2.18. The van der Waals surface area contributed by atoms with Crippen LogP contribution in [0.3, 0.4) is 0 Å². The summed E-state index contributed by atoms with van der Waals surface area (Å²) in [5.74, 6) is 0.689. The zero-order valence-corrected chi connectivity index (χ0v) is 22.7. The summed E-state index contributed by atoms with van der Waals surface area (Å²) in [6.45, 7) is 14.1. The first-order valence-corrected chi connectivity index (χ1v) is 13.3. The van der Waals surface area contributed by atoms with Crippen LogP contribution in [0.5, 0.6) is 5.75 Å². The van der Waals surface area contributed by atoms with Crippen LogP contribution in [0.25, 0.3) is 0 Å². The van der Waals surface area contributed by atoms with E-state index in [1.807, 2.05) is 39.0 Å². The first-order chi connectivity index (χ1) is 16.9. The van der Waals surface area contributed by atoms with Gasteiger partial charge in [0, 0.05) is 5.69 Å². The number of Topliss-reactive ketones (excluding diaryl/α,β-unsaturated/α-hetero) is 1. The van der Waals surface area contributed by atoms with Gasteiger partial charge in [-0.05, 0) is 68.4 Å². The number of aryl methyl sites for hydroxylation is 2. The van der Waals surface area contributed by atoms with E-state index in [0.717, 1.165) is 44.6 Å². The smallest absolute Gasteiger partial charge is 0.163 e. The van der Waals surface area contributed by atoms with E-state index < -0.39 is 0 Å². The molecule has 0 bridgehead atoms. The second-order valence-corrected chi connectivity index (χ2v) is 8.84. The van der Waals surface area contributed by atoms with Gasteiger partial charge < -0.3 is 19.9 Å². The summed E-state index contributed by atoms with van der Waals surface area (Å²) in [4.78, 5) is 11.6. The quantitative estimate of drug-likeness (QED) is 0.340. The molecule has 196 valence electrons. The Bertz CT molecular complexity index is 844. The highest BCUT2D eigenvalue weighted by Crippen LogP contribution is 2.25. The molecule has 0 spiro atoms. The minimum Gasteiger partial charge on any atom is -0.493 e. The van der Waals surface area contributed by atoms with Crippen LogP contribution in [0.1, 0.15) is 88.7 Å². The van der Waals surface area contributed by atoms with Gasteiger partial charge in [0.1, 0.15) is 5.75 Å². The maximum absolute atomic E-state index is 11.6. The number of carbonyl (C=O) groups excluding carboxylic acids is 1. The van der Waals surface area contributed by atoms with Crippen LogP contribution in [0.15, 0.2) is 42.5 Å². The SMILES string of the molecule is CCC(O)CC.CCCOc1ccc(NC2COC2)cc1C(C)=O.CCCc1ccccc1CC. The van der Waals surface area contributed by atoms with Crippen LogP contribution in [-0.4, -0.2) is 42.9 Å². The van der Waals surface area contributed by atoms with Gasteiger partial charge in [-0.25, -0.2) is 0 Å². The number of anilines is 1. The van der Waals surface area contributed by atoms with Crippen molar-refractivity contribution >= 4 is 11.5 Å². The van der Waals surface area contributed by atoms with E-state index in [2.05, 4.69) is 43.4 Å².